The molecule has 3 aromatic rings. The first-order valence-electron chi connectivity index (χ1n) is 11.8. The highest BCUT2D eigenvalue weighted by Crippen LogP contribution is 2.25. The monoisotopic (exact) mass is 497 g/mol. The number of aromatic amines is 1. The molecule has 9 heteroatoms. The summed E-state index contributed by atoms with van der Waals surface area (Å²) in [5.41, 5.74) is 4.76. The van der Waals surface area contributed by atoms with Crippen LogP contribution in [-0.4, -0.2) is 49.3 Å². The van der Waals surface area contributed by atoms with Crippen molar-refractivity contribution >= 4 is 32.8 Å². The van der Waals surface area contributed by atoms with E-state index in [4.69, 9.17) is 4.74 Å². The fourth-order valence-corrected chi connectivity index (χ4v) is 5.91. The topological polar surface area (TPSA) is 109 Å². The third kappa shape index (κ3) is 5.26. The SMILES string of the molecule is CCOC(=O)c1ccc(S(=O)(=O)N2CCC(C(=O)NCc3ccc4[nH]c(C)c(C)c4c3)CC2)cc1. The van der Waals surface area contributed by atoms with Crippen molar-refractivity contribution in [2.24, 2.45) is 5.92 Å². The van der Waals surface area contributed by atoms with E-state index in [-0.39, 0.29) is 36.4 Å². The number of carbonyl (C=O) groups excluding carboxylic acids is 2. The summed E-state index contributed by atoms with van der Waals surface area (Å²) < 4.78 is 32.4. The molecule has 8 nitrogen and oxygen atoms in total. The Hall–Kier alpha value is -3.17. The lowest BCUT2D eigenvalue weighted by atomic mass is 9.97. The molecule has 1 amide bonds. The highest BCUT2D eigenvalue weighted by Gasteiger charge is 2.32. The van der Waals surface area contributed by atoms with E-state index in [9.17, 15) is 18.0 Å². The van der Waals surface area contributed by atoms with Crippen LogP contribution in [0.25, 0.3) is 10.9 Å². The Bertz CT molecular complexity index is 1340. The van der Waals surface area contributed by atoms with Crippen molar-refractivity contribution in [3.8, 4) is 0 Å². The van der Waals surface area contributed by atoms with E-state index in [2.05, 4.69) is 23.3 Å². The van der Waals surface area contributed by atoms with Gasteiger partial charge in [0, 0.05) is 42.1 Å². The number of ether oxygens (including phenoxy) is 1. The number of rotatable bonds is 7. The Balaban J connectivity index is 1.32. The predicted octanol–water partition coefficient (Wildman–Crippen LogP) is 3.68. The number of hydrogen-bond acceptors (Lipinski definition) is 5. The van der Waals surface area contributed by atoms with Gasteiger partial charge in [-0.05, 0) is 81.1 Å². The van der Waals surface area contributed by atoms with Crippen LogP contribution in [0.2, 0.25) is 0 Å². The number of aromatic nitrogens is 1. The molecule has 35 heavy (non-hydrogen) atoms. The summed E-state index contributed by atoms with van der Waals surface area (Å²) in [7, 11) is -3.70. The van der Waals surface area contributed by atoms with Gasteiger partial charge in [-0.1, -0.05) is 6.07 Å². The molecular formula is C26H31N3O5S. The van der Waals surface area contributed by atoms with Crippen LogP contribution in [-0.2, 0) is 26.1 Å². The maximum absolute atomic E-state index is 13.0. The van der Waals surface area contributed by atoms with E-state index in [0.717, 1.165) is 22.2 Å². The van der Waals surface area contributed by atoms with Gasteiger partial charge >= 0.3 is 5.97 Å². The molecule has 0 spiro atoms. The number of nitrogens with one attached hydrogen (secondary N) is 2. The number of aryl methyl sites for hydroxylation is 2. The first-order chi connectivity index (χ1) is 16.7. The largest absolute Gasteiger partial charge is 0.462 e. The standard InChI is InChI=1S/C26H31N3O5S/c1-4-34-26(31)21-6-8-22(9-7-21)35(32,33)29-13-11-20(12-14-29)25(30)27-16-19-5-10-24-23(15-19)17(2)18(3)28-24/h5-10,15,20,28H,4,11-14,16H2,1-3H3,(H,27,30). The van der Waals surface area contributed by atoms with Crippen LogP contribution in [0.5, 0.6) is 0 Å². The highest BCUT2D eigenvalue weighted by molar-refractivity contribution is 7.89. The van der Waals surface area contributed by atoms with Gasteiger partial charge in [0.1, 0.15) is 0 Å². The van der Waals surface area contributed by atoms with Gasteiger partial charge in [-0.3, -0.25) is 4.79 Å². The van der Waals surface area contributed by atoms with Gasteiger partial charge in [0.2, 0.25) is 15.9 Å². The van der Waals surface area contributed by atoms with Crippen LogP contribution in [0.1, 0.15) is 46.9 Å². The van der Waals surface area contributed by atoms with E-state index in [1.54, 1.807) is 6.92 Å². The molecule has 2 heterocycles. The molecule has 1 saturated heterocycles. The Morgan fingerprint density at radius 2 is 1.77 bits per heavy atom. The van der Waals surface area contributed by atoms with Crippen molar-refractivity contribution in [3.63, 3.8) is 0 Å². The van der Waals surface area contributed by atoms with Crippen LogP contribution in [0, 0.1) is 19.8 Å². The van der Waals surface area contributed by atoms with Gasteiger partial charge in [-0.25, -0.2) is 13.2 Å². The maximum Gasteiger partial charge on any atom is 0.338 e. The van der Waals surface area contributed by atoms with E-state index < -0.39 is 16.0 Å². The van der Waals surface area contributed by atoms with Crippen molar-refractivity contribution < 1.29 is 22.7 Å². The smallest absolute Gasteiger partial charge is 0.338 e. The fourth-order valence-electron chi connectivity index (χ4n) is 4.44. The number of fused-ring (bicyclic) bond motifs is 1. The summed E-state index contributed by atoms with van der Waals surface area (Å²) >= 11 is 0. The average molecular weight is 498 g/mol. The molecule has 0 unspecified atom stereocenters. The first kappa shape index (κ1) is 24.9. The zero-order valence-electron chi connectivity index (χ0n) is 20.3. The second-order valence-corrected chi connectivity index (χ2v) is 10.8. The molecule has 0 atom stereocenters. The van der Waals surface area contributed by atoms with Crippen LogP contribution in [0.15, 0.2) is 47.4 Å². The summed E-state index contributed by atoms with van der Waals surface area (Å²) in [5, 5.41) is 4.17. The summed E-state index contributed by atoms with van der Waals surface area (Å²) in [4.78, 5) is 28.0. The summed E-state index contributed by atoms with van der Waals surface area (Å²) in [5.74, 6) is -0.767. The summed E-state index contributed by atoms with van der Waals surface area (Å²) in [6, 6.07) is 11.9. The minimum absolute atomic E-state index is 0.0529. The lowest BCUT2D eigenvalue weighted by molar-refractivity contribution is -0.126. The molecule has 0 aliphatic carbocycles. The second kappa shape index (κ2) is 10.2. The fraction of sp³-hybridized carbons (Fsp3) is 0.385. The molecule has 1 aliphatic rings. The third-order valence-corrected chi connectivity index (χ3v) is 8.58. The molecule has 2 N–H and O–H groups in total. The zero-order valence-corrected chi connectivity index (χ0v) is 21.1. The van der Waals surface area contributed by atoms with Crippen LogP contribution < -0.4 is 5.32 Å². The van der Waals surface area contributed by atoms with Gasteiger partial charge in [-0.15, -0.1) is 0 Å². The average Bonchev–Trinajstić information content (AvgIpc) is 3.15. The molecule has 0 bridgehead atoms. The summed E-state index contributed by atoms with van der Waals surface area (Å²) in [6.07, 6.45) is 0.919. The number of hydrogen-bond donors (Lipinski definition) is 2. The molecule has 1 aromatic heterocycles. The Labute approximate surface area is 205 Å². The summed E-state index contributed by atoms with van der Waals surface area (Å²) in [6.45, 7) is 7.06. The number of nitrogens with zero attached hydrogens (tertiary/aromatic N) is 1. The highest BCUT2D eigenvalue weighted by atomic mass is 32.2. The lowest BCUT2D eigenvalue weighted by Crippen LogP contribution is -2.42. The van der Waals surface area contributed by atoms with Gasteiger partial charge in [0.05, 0.1) is 17.1 Å². The molecule has 4 rings (SSSR count). The maximum atomic E-state index is 13.0. The van der Waals surface area contributed by atoms with E-state index in [1.807, 2.05) is 19.1 Å². The third-order valence-electron chi connectivity index (χ3n) is 6.67. The Morgan fingerprint density at radius 1 is 1.09 bits per heavy atom. The van der Waals surface area contributed by atoms with Crippen LogP contribution in [0.4, 0.5) is 0 Å². The normalized spacial score (nSPS) is 15.3. The molecule has 1 aliphatic heterocycles. The molecular weight excluding hydrogens is 466 g/mol. The molecule has 2 aromatic carbocycles. The van der Waals surface area contributed by atoms with Crippen molar-refractivity contribution in [1.82, 2.24) is 14.6 Å². The van der Waals surface area contributed by atoms with Crippen molar-refractivity contribution in [1.29, 1.82) is 0 Å². The van der Waals surface area contributed by atoms with Gasteiger partial charge < -0.3 is 15.0 Å². The predicted molar refractivity (Wildman–Crippen MR) is 134 cm³/mol. The first-order valence-corrected chi connectivity index (χ1v) is 13.3. The van der Waals surface area contributed by atoms with Gasteiger partial charge in [0.25, 0.3) is 0 Å². The van der Waals surface area contributed by atoms with Gasteiger partial charge in [-0.2, -0.15) is 4.31 Å². The van der Waals surface area contributed by atoms with Gasteiger partial charge in [0.15, 0.2) is 0 Å². The van der Waals surface area contributed by atoms with Crippen molar-refractivity contribution in [2.75, 3.05) is 19.7 Å². The lowest BCUT2D eigenvalue weighted by Gasteiger charge is -2.30. The zero-order chi connectivity index (χ0) is 25.2. The number of piperidine rings is 1. The minimum atomic E-state index is -3.70. The van der Waals surface area contributed by atoms with Crippen molar-refractivity contribution in [2.45, 2.75) is 45.1 Å². The van der Waals surface area contributed by atoms with E-state index in [1.165, 1.54) is 34.1 Å². The minimum Gasteiger partial charge on any atom is -0.462 e. The number of amides is 1. The molecule has 0 radical (unpaired) electrons. The Kier molecular flexibility index (Phi) is 7.28. The van der Waals surface area contributed by atoms with Crippen LogP contribution in [0.3, 0.4) is 0 Å². The van der Waals surface area contributed by atoms with Crippen LogP contribution >= 0.6 is 0 Å². The quantitative estimate of drug-likeness (QED) is 0.484. The molecule has 186 valence electrons. The number of sulfonamides is 1. The number of H-pyrrole nitrogens is 1. The molecule has 1 fully saturated rings. The second-order valence-electron chi connectivity index (χ2n) is 8.90. The Morgan fingerprint density at radius 3 is 2.43 bits per heavy atom. The number of benzene rings is 2. The molecule has 0 saturated carbocycles. The van der Waals surface area contributed by atoms with Crippen molar-refractivity contribution in [3.05, 3.63) is 64.8 Å². The number of carbonyl (C=O) groups is 2. The van der Waals surface area contributed by atoms with E-state index in [0.29, 0.717) is 24.9 Å². The number of esters is 1. The van der Waals surface area contributed by atoms with E-state index >= 15 is 0 Å².